The number of likely N-dealkylation sites (tertiary alicyclic amines) is 1. The van der Waals surface area contributed by atoms with Gasteiger partial charge in [-0.1, -0.05) is 25.1 Å². The zero-order valence-electron chi connectivity index (χ0n) is 12.0. The minimum absolute atomic E-state index is 0.0317. The highest BCUT2D eigenvalue weighted by Gasteiger charge is 2.33. The third-order valence-corrected chi connectivity index (χ3v) is 5.04. The van der Waals surface area contributed by atoms with Crippen molar-refractivity contribution in [3.8, 4) is 0 Å². The fourth-order valence-electron chi connectivity index (χ4n) is 2.67. The van der Waals surface area contributed by atoms with Gasteiger partial charge >= 0.3 is 0 Å². The molecule has 1 aromatic carbocycles. The van der Waals surface area contributed by atoms with Gasteiger partial charge in [-0.3, -0.25) is 4.79 Å². The molecular formula is C16H23NO2S. The molecule has 0 radical (unpaired) electrons. The molecule has 1 saturated heterocycles. The number of aliphatic hydroxyl groups is 1. The van der Waals surface area contributed by atoms with Gasteiger partial charge in [-0.25, -0.2) is 0 Å². The van der Waals surface area contributed by atoms with Crippen molar-refractivity contribution in [2.75, 3.05) is 18.9 Å². The van der Waals surface area contributed by atoms with Crippen molar-refractivity contribution in [1.29, 1.82) is 0 Å². The van der Waals surface area contributed by atoms with E-state index in [9.17, 15) is 9.90 Å². The molecule has 0 bridgehead atoms. The molecule has 3 nitrogen and oxygen atoms in total. The van der Waals surface area contributed by atoms with Crippen LogP contribution in [0.4, 0.5) is 0 Å². The Morgan fingerprint density at radius 3 is 2.85 bits per heavy atom. The summed E-state index contributed by atoms with van der Waals surface area (Å²) in [5.41, 5.74) is 0. The fraction of sp³-hybridized carbons (Fsp3) is 0.562. The summed E-state index contributed by atoms with van der Waals surface area (Å²) in [7, 11) is 0. The van der Waals surface area contributed by atoms with Crippen molar-refractivity contribution in [2.24, 2.45) is 5.92 Å². The van der Waals surface area contributed by atoms with Crippen LogP contribution in [0.25, 0.3) is 0 Å². The normalized spacial score (nSPS) is 22.2. The lowest BCUT2D eigenvalue weighted by atomic mass is 10.0. The monoisotopic (exact) mass is 293 g/mol. The Hall–Kier alpha value is -1.00. The minimum atomic E-state index is 0.0317. The van der Waals surface area contributed by atoms with E-state index < -0.39 is 0 Å². The van der Waals surface area contributed by atoms with E-state index in [4.69, 9.17) is 0 Å². The number of carbonyl (C=O) groups excluding carboxylic acids is 1. The molecule has 1 fully saturated rings. The number of carbonyl (C=O) groups is 1. The number of benzene rings is 1. The minimum Gasteiger partial charge on any atom is -0.394 e. The number of aliphatic hydroxyl groups excluding tert-OH is 1. The summed E-state index contributed by atoms with van der Waals surface area (Å²) in [6.07, 6.45) is 2.49. The van der Waals surface area contributed by atoms with Gasteiger partial charge in [0, 0.05) is 17.9 Å². The van der Waals surface area contributed by atoms with Crippen molar-refractivity contribution in [3.05, 3.63) is 30.3 Å². The Bertz CT molecular complexity index is 424. The second-order valence-electron chi connectivity index (χ2n) is 5.37. The average molecular weight is 293 g/mol. The molecule has 0 spiro atoms. The van der Waals surface area contributed by atoms with Crippen LogP contribution in [0.15, 0.2) is 35.2 Å². The fourth-order valence-corrected chi connectivity index (χ4v) is 3.54. The summed E-state index contributed by atoms with van der Waals surface area (Å²) in [6.45, 7) is 3.00. The molecule has 110 valence electrons. The number of rotatable bonds is 6. The molecule has 2 rings (SSSR count). The molecule has 1 amide bonds. The summed E-state index contributed by atoms with van der Waals surface area (Å²) in [5.74, 6) is 1.58. The summed E-state index contributed by atoms with van der Waals surface area (Å²) >= 11 is 1.79. The largest absolute Gasteiger partial charge is 0.394 e. The highest BCUT2D eigenvalue weighted by molar-refractivity contribution is 7.99. The first-order valence-corrected chi connectivity index (χ1v) is 8.29. The molecule has 1 heterocycles. The highest BCUT2D eigenvalue weighted by Crippen LogP contribution is 2.25. The van der Waals surface area contributed by atoms with Gasteiger partial charge in [0.1, 0.15) is 0 Å². The van der Waals surface area contributed by atoms with Crippen LogP contribution < -0.4 is 0 Å². The molecule has 1 aliphatic heterocycles. The van der Waals surface area contributed by atoms with E-state index in [1.807, 2.05) is 23.1 Å². The van der Waals surface area contributed by atoms with Crippen molar-refractivity contribution in [3.63, 3.8) is 0 Å². The van der Waals surface area contributed by atoms with Crippen molar-refractivity contribution in [1.82, 2.24) is 4.90 Å². The van der Waals surface area contributed by atoms with Crippen LogP contribution in [0.1, 0.15) is 26.2 Å². The quantitative estimate of drug-likeness (QED) is 0.647. The summed E-state index contributed by atoms with van der Waals surface area (Å²) < 4.78 is 0. The molecule has 1 N–H and O–H groups in total. The van der Waals surface area contributed by atoms with Gasteiger partial charge in [-0.15, -0.1) is 11.8 Å². The molecule has 1 aromatic rings. The third-order valence-electron chi connectivity index (χ3n) is 3.94. The second-order valence-corrected chi connectivity index (χ2v) is 6.54. The maximum Gasteiger partial charge on any atom is 0.222 e. The Kier molecular flexibility index (Phi) is 5.92. The Balaban J connectivity index is 1.70. The Morgan fingerprint density at radius 1 is 1.40 bits per heavy atom. The van der Waals surface area contributed by atoms with E-state index in [-0.39, 0.29) is 18.6 Å². The van der Waals surface area contributed by atoms with Crippen molar-refractivity contribution in [2.45, 2.75) is 37.1 Å². The second kappa shape index (κ2) is 7.70. The van der Waals surface area contributed by atoms with Crippen LogP contribution in [0.5, 0.6) is 0 Å². The SMILES string of the molecule is CC1CCN(C(=O)CCCSc2ccccc2)C1CO. The van der Waals surface area contributed by atoms with Gasteiger partial charge in [0.15, 0.2) is 0 Å². The number of hydrogen-bond acceptors (Lipinski definition) is 3. The molecule has 0 aliphatic carbocycles. The summed E-state index contributed by atoms with van der Waals surface area (Å²) in [4.78, 5) is 15.3. The molecule has 2 atom stereocenters. The average Bonchev–Trinajstić information content (AvgIpc) is 2.85. The predicted octanol–water partition coefficient (Wildman–Crippen LogP) is 2.79. The van der Waals surface area contributed by atoms with Gasteiger partial charge in [-0.05, 0) is 36.6 Å². The van der Waals surface area contributed by atoms with E-state index >= 15 is 0 Å². The zero-order valence-corrected chi connectivity index (χ0v) is 12.8. The standard InChI is InChI=1S/C16H23NO2S/c1-13-9-10-17(15(13)12-18)16(19)8-5-11-20-14-6-3-2-4-7-14/h2-4,6-7,13,15,18H,5,8-12H2,1H3. The zero-order chi connectivity index (χ0) is 14.4. The first-order chi connectivity index (χ1) is 9.72. The molecule has 2 unspecified atom stereocenters. The van der Waals surface area contributed by atoms with Crippen molar-refractivity contribution < 1.29 is 9.90 Å². The number of amides is 1. The van der Waals surface area contributed by atoms with Crippen LogP contribution in [0.3, 0.4) is 0 Å². The maximum absolute atomic E-state index is 12.2. The van der Waals surface area contributed by atoms with Gasteiger partial charge in [-0.2, -0.15) is 0 Å². The molecule has 4 heteroatoms. The van der Waals surface area contributed by atoms with Crippen LogP contribution in [-0.4, -0.2) is 40.9 Å². The topological polar surface area (TPSA) is 40.5 Å². The Morgan fingerprint density at radius 2 is 2.15 bits per heavy atom. The predicted molar refractivity (Wildman–Crippen MR) is 82.8 cm³/mol. The van der Waals surface area contributed by atoms with E-state index in [0.29, 0.717) is 12.3 Å². The van der Waals surface area contributed by atoms with E-state index in [2.05, 4.69) is 19.1 Å². The number of nitrogens with zero attached hydrogens (tertiary/aromatic N) is 1. The summed E-state index contributed by atoms with van der Waals surface area (Å²) in [5, 5.41) is 9.38. The van der Waals surface area contributed by atoms with Crippen LogP contribution >= 0.6 is 11.8 Å². The number of thioether (sulfide) groups is 1. The highest BCUT2D eigenvalue weighted by atomic mass is 32.2. The van der Waals surface area contributed by atoms with Crippen LogP contribution in [0.2, 0.25) is 0 Å². The maximum atomic E-state index is 12.2. The van der Waals surface area contributed by atoms with E-state index in [0.717, 1.165) is 25.1 Å². The Labute approximate surface area is 125 Å². The first-order valence-electron chi connectivity index (χ1n) is 7.30. The lowest BCUT2D eigenvalue weighted by Gasteiger charge is -2.25. The smallest absolute Gasteiger partial charge is 0.222 e. The lowest BCUT2D eigenvalue weighted by Crippen LogP contribution is -2.39. The van der Waals surface area contributed by atoms with Gasteiger partial charge in [0.05, 0.1) is 12.6 Å². The third kappa shape index (κ3) is 4.00. The van der Waals surface area contributed by atoms with Gasteiger partial charge < -0.3 is 10.0 Å². The summed E-state index contributed by atoms with van der Waals surface area (Å²) in [6, 6.07) is 10.3. The van der Waals surface area contributed by atoms with Gasteiger partial charge in [0.2, 0.25) is 5.91 Å². The molecular weight excluding hydrogens is 270 g/mol. The van der Waals surface area contributed by atoms with Crippen molar-refractivity contribution >= 4 is 17.7 Å². The molecule has 0 saturated carbocycles. The molecule has 0 aromatic heterocycles. The number of hydrogen-bond donors (Lipinski definition) is 1. The lowest BCUT2D eigenvalue weighted by molar-refractivity contribution is -0.133. The molecule has 1 aliphatic rings. The molecule has 20 heavy (non-hydrogen) atoms. The van der Waals surface area contributed by atoms with E-state index in [1.165, 1.54) is 4.90 Å². The first kappa shape index (κ1) is 15.4. The van der Waals surface area contributed by atoms with Crippen LogP contribution in [-0.2, 0) is 4.79 Å². The van der Waals surface area contributed by atoms with Crippen LogP contribution in [0, 0.1) is 5.92 Å². The van der Waals surface area contributed by atoms with Gasteiger partial charge in [0.25, 0.3) is 0 Å². The van der Waals surface area contributed by atoms with E-state index in [1.54, 1.807) is 11.8 Å².